The number of anilines is 1. The molecule has 3 aliphatic rings. The third-order valence-electron chi connectivity index (χ3n) is 5.77. The molecule has 1 saturated heterocycles. The summed E-state index contributed by atoms with van der Waals surface area (Å²) in [5.74, 6) is 0.936. The molecule has 0 unspecified atom stereocenters. The first-order valence-electron chi connectivity index (χ1n) is 9.92. The van der Waals surface area contributed by atoms with Gasteiger partial charge in [-0.2, -0.15) is 0 Å². The quantitative estimate of drug-likeness (QED) is 0.851. The van der Waals surface area contributed by atoms with E-state index in [1.807, 2.05) is 6.20 Å². The smallest absolute Gasteiger partial charge is 0.131 e. The summed E-state index contributed by atoms with van der Waals surface area (Å²) >= 11 is 0. The van der Waals surface area contributed by atoms with Gasteiger partial charge in [0, 0.05) is 23.9 Å². The fourth-order valence-electron chi connectivity index (χ4n) is 4.05. The van der Waals surface area contributed by atoms with Crippen molar-refractivity contribution >= 4 is 11.4 Å². The van der Waals surface area contributed by atoms with Crippen LogP contribution in [-0.4, -0.2) is 43.1 Å². The third kappa shape index (κ3) is 3.34. The van der Waals surface area contributed by atoms with Crippen molar-refractivity contribution in [2.45, 2.75) is 31.7 Å². The van der Waals surface area contributed by atoms with Crippen LogP contribution in [0.15, 0.2) is 35.5 Å². The summed E-state index contributed by atoms with van der Waals surface area (Å²) in [5, 5.41) is 3.42. The molecule has 2 aliphatic heterocycles. The maximum absolute atomic E-state index is 13.9. The Bertz CT molecular complexity index is 852. The highest BCUT2D eigenvalue weighted by Crippen LogP contribution is 2.35. The normalized spacial score (nSPS) is 20.3. The number of piperidine rings is 1. The molecule has 2 fully saturated rings. The number of hydrogen-bond acceptors (Lipinski definition) is 4. The van der Waals surface area contributed by atoms with E-state index in [1.54, 1.807) is 6.07 Å². The van der Waals surface area contributed by atoms with E-state index >= 15 is 0 Å². The molecule has 1 aromatic heterocycles. The monoisotopic (exact) mass is 368 g/mol. The van der Waals surface area contributed by atoms with Gasteiger partial charge in [0.05, 0.1) is 23.7 Å². The Hall–Kier alpha value is -2.34. The van der Waals surface area contributed by atoms with E-state index in [0.29, 0.717) is 31.0 Å². The molecule has 1 saturated carbocycles. The van der Waals surface area contributed by atoms with Crippen molar-refractivity contribution in [1.29, 1.82) is 0 Å². The SMILES string of the molecule is Fc1ccc(C2=NCN(C3CCNCC3)c3cc[nH]c32)c(OCC2CC2)c1. The highest BCUT2D eigenvalue weighted by molar-refractivity contribution is 6.17. The van der Waals surface area contributed by atoms with E-state index < -0.39 is 0 Å². The van der Waals surface area contributed by atoms with Gasteiger partial charge in [-0.15, -0.1) is 0 Å². The van der Waals surface area contributed by atoms with Crippen molar-refractivity contribution in [3.63, 3.8) is 0 Å². The number of aromatic amines is 1. The second-order valence-electron chi connectivity index (χ2n) is 7.73. The highest BCUT2D eigenvalue weighted by atomic mass is 19.1. The molecule has 1 aliphatic carbocycles. The molecule has 5 nitrogen and oxygen atoms in total. The minimum atomic E-state index is -0.274. The first kappa shape index (κ1) is 16.8. The van der Waals surface area contributed by atoms with E-state index in [4.69, 9.17) is 9.73 Å². The van der Waals surface area contributed by atoms with Gasteiger partial charge in [-0.05, 0) is 62.9 Å². The standard InChI is InChI=1S/C21H25FN4O/c22-15-3-4-17(19(11-15)27-12-14-1-2-14)20-21-18(7-10-24-21)26(13-25-20)16-5-8-23-9-6-16/h3-4,7,10-11,14,16,23-24H,1-2,5-6,8-9,12-13H2. The molecular weight excluding hydrogens is 343 g/mol. The fourth-order valence-corrected chi connectivity index (χ4v) is 4.05. The van der Waals surface area contributed by atoms with E-state index in [-0.39, 0.29) is 5.82 Å². The van der Waals surface area contributed by atoms with Crippen LogP contribution in [0.25, 0.3) is 0 Å². The number of benzene rings is 1. The van der Waals surface area contributed by atoms with Crippen LogP contribution in [0.3, 0.4) is 0 Å². The van der Waals surface area contributed by atoms with Crippen LogP contribution in [-0.2, 0) is 0 Å². The lowest BCUT2D eigenvalue weighted by Crippen LogP contribution is -2.45. The Kier molecular flexibility index (Phi) is 4.36. The summed E-state index contributed by atoms with van der Waals surface area (Å²) in [6.45, 7) is 3.38. The van der Waals surface area contributed by atoms with Gasteiger partial charge in [0.15, 0.2) is 0 Å². The predicted octanol–water partition coefficient (Wildman–Crippen LogP) is 3.31. The van der Waals surface area contributed by atoms with Gasteiger partial charge >= 0.3 is 0 Å². The summed E-state index contributed by atoms with van der Waals surface area (Å²) in [4.78, 5) is 10.6. The van der Waals surface area contributed by atoms with Crippen molar-refractivity contribution in [2.75, 3.05) is 31.3 Å². The zero-order chi connectivity index (χ0) is 18.2. The fraction of sp³-hybridized carbons (Fsp3) is 0.476. The number of fused-ring (bicyclic) bond motifs is 1. The Balaban J connectivity index is 1.46. The van der Waals surface area contributed by atoms with Gasteiger partial charge in [0.1, 0.15) is 18.2 Å². The Morgan fingerprint density at radius 2 is 2.00 bits per heavy atom. The van der Waals surface area contributed by atoms with E-state index in [0.717, 1.165) is 42.9 Å². The number of nitrogens with zero attached hydrogens (tertiary/aromatic N) is 2. The number of aromatic nitrogens is 1. The second kappa shape index (κ2) is 7.00. The van der Waals surface area contributed by atoms with Gasteiger partial charge < -0.3 is 19.9 Å². The summed E-state index contributed by atoms with van der Waals surface area (Å²) in [7, 11) is 0. The summed E-state index contributed by atoms with van der Waals surface area (Å²) in [5.41, 5.74) is 3.92. The predicted molar refractivity (Wildman–Crippen MR) is 104 cm³/mol. The number of nitrogens with one attached hydrogen (secondary N) is 2. The summed E-state index contributed by atoms with van der Waals surface area (Å²) < 4.78 is 19.8. The molecule has 3 heterocycles. The van der Waals surface area contributed by atoms with Crippen molar-refractivity contribution in [3.8, 4) is 5.75 Å². The van der Waals surface area contributed by atoms with Crippen LogP contribution in [0.4, 0.5) is 10.1 Å². The molecule has 0 amide bonds. The average Bonchev–Trinajstić information content (AvgIpc) is 3.40. The van der Waals surface area contributed by atoms with Crippen LogP contribution in [0.2, 0.25) is 0 Å². The van der Waals surface area contributed by atoms with Gasteiger partial charge in [0.25, 0.3) is 0 Å². The summed E-state index contributed by atoms with van der Waals surface area (Å²) in [6.07, 6.45) is 6.63. The van der Waals surface area contributed by atoms with Crippen LogP contribution in [0.1, 0.15) is 36.9 Å². The molecule has 6 heteroatoms. The number of ether oxygens (including phenoxy) is 1. The number of rotatable bonds is 5. The number of halogens is 1. The van der Waals surface area contributed by atoms with E-state index in [9.17, 15) is 4.39 Å². The molecule has 1 aromatic carbocycles. The molecule has 2 N–H and O–H groups in total. The topological polar surface area (TPSA) is 52.7 Å². The number of aliphatic imine (C=N–C) groups is 1. The summed E-state index contributed by atoms with van der Waals surface area (Å²) in [6, 6.07) is 7.40. The lowest BCUT2D eigenvalue weighted by Gasteiger charge is -2.37. The number of H-pyrrole nitrogens is 1. The molecule has 27 heavy (non-hydrogen) atoms. The van der Waals surface area contributed by atoms with Gasteiger partial charge in [-0.1, -0.05) is 0 Å². The lowest BCUT2D eigenvalue weighted by molar-refractivity contribution is 0.298. The van der Waals surface area contributed by atoms with Gasteiger partial charge in [0.2, 0.25) is 0 Å². The van der Waals surface area contributed by atoms with Crippen molar-refractivity contribution in [3.05, 3.63) is 47.5 Å². The van der Waals surface area contributed by atoms with Crippen LogP contribution >= 0.6 is 0 Å². The Morgan fingerprint density at radius 3 is 2.81 bits per heavy atom. The molecular formula is C21H25FN4O. The first-order valence-corrected chi connectivity index (χ1v) is 9.92. The molecule has 0 bridgehead atoms. The maximum Gasteiger partial charge on any atom is 0.131 e. The number of hydrogen-bond donors (Lipinski definition) is 2. The minimum absolute atomic E-state index is 0.274. The Labute approximate surface area is 158 Å². The largest absolute Gasteiger partial charge is 0.492 e. The molecule has 0 atom stereocenters. The maximum atomic E-state index is 13.9. The average molecular weight is 368 g/mol. The van der Waals surface area contributed by atoms with Crippen LogP contribution in [0, 0.1) is 11.7 Å². The van der Waals surface area contributed by atoms with Gasteiger partial charge in [-0.25, -0.2) is 4.39 Å². The molecule has 5 rings (SSSR count). The molecule has 2 aromatic rings. The van der Waals surface area contributed by atoms with Crippen LogP contribution in [0.5, 0.6) is 5.75 Å². The molecule has 0 radical (unpaired) electrons. The van der Waals surface area contributed by atoms with Gasteiger partial charge in [-0.3, -0.25) is 4.99 Å². The third-order valence-corrected chi connectivity index (χ3v) is 5.77. The molecule has 142 valence electrons. The highest BCUT2D eigenvalue weighted by Gasteiger charge is 2.30. The van der Waals surface area contributed by atoms with Crippen molar-refractivity contribution < 1.29 is 9.13 Å². The lowest BCUT2D eigenvalue weighted by atomic mass is 10.00. The molecule has 0 spiro atoms. The van der Waals surface area contributed by atoms with Crippen molar-refractivity contribution in [2.24, 2.45) is 10.9 Å². The zero-order valence-corrected chi connectivity index (χ0v) is 15.4. The second-order valence-corrected chi connectivity index (χ2v) is 7.73. The Morgan fingerprint density at radius 1 is 1.15 bits per heavy atom. The van der Waals surface area contributed by atoms with Crippen LogP contribution < -0.4 is 15.0 Å². The first-order chi connectivity index (χ1) is 13.3. The van der Waals surface area contributed by atoms with Crippen molar-refractivity contribution in [1.82, 2.24) is 10.3 Å². The minimum Gasteiger partial charge on any atom is -0.492 e. The zero-order valence-electron chi connectivity index (χ0n) is 15.4. The van der Waals surface area contributed by atoms with E-state index in [1.165, 1.54) is 30.7 Å². The van der Waals surface area contributed by atoms with E-state index in [2.05, 4.69) is 21.3 Å².